The molecule has 0 radical (unpaired) electrons. The Morgan fingerprint density at radius 1 is 1.33 bits per heavy atom. The highest BCUT2D eigenvalue weighted by atomic mass is 16.5. The maximum atomic E-state index is 10.5. The third-order valence-electron chi connectivity index (χ3n) is 2.12. The predicted molar refractivity (Wildman–Crippen MR) is 69.7 cm³/mol. The van der Waals surface area contributed by atoms with Gasteiger partial charge in [0.2, 0.25) is 0 Å². The molecular weight excluding hydrogens is 232 g/mol. The number of carboxylic acids is 1. The molecule has 0 aromatic heterocycles. The molecule has 0 aliphatic carbocycles. The third kappa shape index (κ3) is 5.50. The van der Waals surface area contributed by atoms with E-state index in [0.29, 0.717) is 19.0 Å². The normalized spacial score (nSPS) is 11.1. The van der Waals surface area contributed by atoms with Crippen LogP contribution in [-0.4, -0.2) is 30.4 Å². The molecule has 0 saturated carbocycles. The van der Waals surface area contributed by atoms with Gasteiger partial charge in [-0.25, -0.2) is 4.79 Å². The van der Waals surface area contributed by atoms with E-state index in [0.717, 1.165) is 11.6 Å². The lowest BCUT2D eigenvalue weighted by atomic mass is 10.2. The molecule has 1 aromatic carbocycles. The molecule has 0 saturated heterocycles. The highest BCUT2D eigenvalue weighted by Crippen LogP contribution is 2.19. The van der Waals surface area contributed by atoms with Gasteiger partial charge in [0.15, 0.2) is 0 Å². The fraction of sp³-hybridized carbons (Fsp3) is 0.357. The van der Waals surface area contributed by atoms with E-state index in [9.17, 15) is 4.79 Å². The van der Waals surface area contributed by atoms with Crippen molar-refractivity contribution < 1.29 is 19.4 Å². The SMILES string of the molecule is CC(C)OCCOc1ccccc1/C=C/C(=O)O. The first-order valence-corrected chi connectivity index (χ1v) is 5.84. The average molecular weight is 250 g/mol. The first kappa shape index (κ1) is 14.3. The summed E-state index contributed by atoms with van der Waals surface area (Å²) in [6.07, 6.45) is 2.78. The van der Waals surface area contributed by atoms with Crippen LogP contribution in [-0.2, 0) is 9.53 Å². The summed E-state index contributed by atoms with van der Waals surface area (Å²) in [7, 11) is 0. The van der Waals surface area contributed by atoms with Gasteiger partial charge < -0.3 is 14.6 Å². The number of carbonyl (C=O) groups is 1. The zero-order valence-corrected chi connectivity index (χ0v) is 10.6. The number of hydrogen-bond acceptors (Lipinski definition) is 3. The second-order valence-corrected chi connectivity index (χ2v) is 3.98. The van der Waals surface area contributed by atoms with Crippen molar-refractivity contribution in [3.8, 4) is 5.75 Å². The smallest absolute Gasteiger partial charge is 0.328 e. The highest BCUT2D eigenvalue weighted by molar-refractivity contribution is 5.85. The van der Waals surface area contributed by atoms with Crippen LogP contribution in [0.3, 0.4) is 0 Å². The predicted octanol–water partition coefficient (Wildman–Crippen LogP) is 2.59. The van der Waals surface area contributed by atoms with Crippen molar-refractivity contribution in [1.29, 1.82) is 0 Å². The van der Waals surface area contributed by atoms with Crippen LogP contribution in [0.5, 0.6) is 5.75 Å². The van der Waals surface area contributed by atoms with Gasteiger partial charge in [0.05, 0.1) is 12.7 Å². The maximum Gasteiger partial charge on any atom is 0.328 e. The Hall–Kier alpha value is -1.81. The van der Waals surface area contributed by atoms with Crippen molar-refractivity contribution in [1.82, 2.24) is 0 Å². The third-order valence-corrected chi connectivity index (χ3v) is 2.12. The summed E-state index contributed by atoms with van der Waals surface area (Å²) in [5.41, 5.74) is 0.740. The number of benzene rings is 1. The van der Waals surface area contributed by atoms with E-state index in [-0.39, 0.29) is 6.10 Å². The Labute approximate surface area is 107 Å². The van der Waals surface area contributed by atoms with Crippen LogP contribution in [0, 0.1) is 0 Å². The number of hydrogen-bond donors (Lipinski definition) is 1. The Morgan fingerprint density at radius 2 is 2.06 bits per heavy atom. The van der Waals surface area contributed by atoms with Gasteiger partial charge >= 0.3 is 5.97 Å². The summed E-state index contributed by atoms with van der Waals surface area (Å²) in [4.78, 5) is 10.5. The molecule has 4 heteroatoms. The van der Waals surface area contributed by atoms with Crippen molar-refractivity contribution in [2.45, 2.75) is 20.0 Å². The van der Waals surface area contributed by atoms with Crippen molar-refractivity contribution in [3.05, 3.63) is 35.9 Å². The van der Waals surface area contributed by atoms with E-state index < -0.39 is 5.97 Å². The van der Waals surface area contributed by atoms with E-state index in [1.165, 1.54) is 6.08 Å². The second-order valence-electron chi connectivity index (χ2n) is 3.98. The van der Waals surface area contributed by atoms with Crippen LogP contribution in [0.2, 0.25) is 0 Å². The molecule has 0 unspecified atom stereocenters. The standard InChI is InChI=1S/C14H18O4/c1-11(2)17-9-10-18-13-6-4-3-5-12(13)7-8-14(15)16/h3-8,11H,9-10H2,1-2H3,(H,15,16)/b8-7+. The molecule has 0 heterocycles. The lowest BCUT2D eigenvalue weighted by Crippen LogP contribution is -2.11. The molecule has 0 aliphatic heterocycles. The fourth-order valence-corrected chi connectivity index (χ4v) is 1.35. The van der Waals surface area contributed by atoms with Gasteiger partial charge in [-0.05, 0) is 26.0 Å². The maximum absolute atomic E-state index is 10.5. The molecule has 0 amide bonds. The van der Waals surface area contributed by atoms with Gasteiger partial charge in [0.25, 0.3) is 0 Å². The molecule has 98 valence electrons. The lowest BCUT2D eigenvalue weighted by Gasteiger charge is -2.11. The minimum Gasteiger partial charge on any atom is -0.491 e. The van der Waals surface area contributed by atoms with Gasteiger partial charge in [-0.1, -0.05) is 18.2 Å². The van der Waals surface area contributed by atoms with Gasteiger partial charge in [-0.2, -0.15) is 0 Å². The minimum absolute atomic E-state index is 0.177. The Kier molecular flexibility index (Phi) is 5.94. The molecule has 0 spiro atoms. The zero-order chi connectivity index (χ0) is 13.4. The number of rotatable bonds is 7. The van der Waals surface area contributed by atoms with Gasteiger partial charge in [-0.15, -0.1) is 0 Å². The Morgan fingerprint density at radius 3 is 2.72 bits per heavy atom. The number of carboxylic acid groups (broad SMARTS) is 1. The Bertz CT molecular complexity index is 410. The van der Waals surface area contributed by atoms with E-state index in [1.807, 2.05) is 26.0 Å². The molecule has 0 fully saturated rings. The van der Waals surface area contributed by atoms with Crippen molar-refractivity contribution in [2.24, 2.45) is 0 Å². The van der Waals surface area contributed by atoms with Crippen LogP contribution in [0.25, 0.3) is 6.08 Å². The summed E-state index contributed by atoms with van der Waals surface area (Å²) in [5.74, 6) is -0.324. The lowest BCUT2D eigenvalue weighted by molar-refractivity contribution is -0.131. The summed E-state index contributed by atoms with van der Waals surface area (Å²) < 4.78 is 10.9. The van der Waals surface area contributed by atoms with Crippen molar-refractivity contribution in [2.75, 3.05) is 13.2 Å². The monoisotopic (exact) mass is 250 g/mol. The first-order valence-electron chi connectivity index (χ1n) is 5.84. The largest absolute Gasteiger partial charge is 0.491 e. The molecule has 0 bridgehead atoms. The fourth-order valence-electron chi connectivity index (χ4n) is 1.35. The molecule has 0 aliphatic rings. The molecule has 1 N–H and O–H groups in total. The summed E-state index contributed by atoms with van der Waals surface area (Å²) in [6, 6.07) is 7.28. The highest BCUT2D eigenvalue weighted by Gasteiger charge is 2.01. The van der Waals surface area contributed by atoms with Crippen LogP contribution in [0.15, 0.2) is 30.3 Å². The molecule has 4 nitrogen and oxygen atoms in total. The van der Waals surface area contributed by atoms with Gasteiger partial charge in [-0.3, -0.25) is 0 Å². The van der Waals surface area contributed by atoms with E-state index in [4.69, 9.17) is 14.6 Å². The zero-order valence-electron chi connectivity index (χ0n) is 10.6. The minimum atomic E-state index is -0.979. The summed E-state index contributed by atoms with van der Waals surface area (Å²) in [6.45, 7) is 4.87. The Balaban J connectivity index is 2.56. The van der Waals surface area contributed by atoms with Crippen LogP contribution in [0.1, 0.15) is 19.4 Å². The van der Waals surface area contributed by atoms with Crippen molar-refractivity contribution in [3.63, 3.8) is 0 Å². The molecule has 0 atom stereocenters. The van der Waals surface area contributed by atoms with E-state index in [2.05, 4.69) is 0 Å². The molecule has 1 rings (SSSR count). The number of aliphatic carboxylic acids is 1. The van der Waals surface area contributed by atoms with Gasteiger partial charge in [0.1, 0.15) is 12.4 Å². The van der Waals surface area contributed by atoms with Gasteiger partial charge in [0, 0.05) is 11.6 Å². The van der Waals surface area contributed by atoms with Crippen LogP contribution < -0.4 is 4.74 Å². The topological polar surface area (TPSA) is 55.8 Å². The second kappa shape index (κ2) is 7.50. The molecular formula is C14H18O4. The van der Waals surface area contributed by atoms with Crippen LogP contribution in [0.4, 0.5) is 0 Å². The average Bonchev–Trinajstić information content (AvgIpc) is 2.33. The van der Waals surface area contributed by atoms with E-state index in [1.54, 1.807) is 12.1 Å². The van der Waals surface area contributed by atoms with Crippen molar-refractivity contribution >= 4 is 12.0 Å². The molecule has 18 heavy (non-hydrogen) atoms. The van der Waals surface area contributed by atoms with E-state index >= 15 is 0 Å². The quantitative estimate of drug-likeness (QED) is 0.597. The summed E-state index contributed by atoms with van der Waals surface area (Å²) >= 11 is 0. The molecule has 1 aromatic rings. The number of ether oxygens (including phenoxy) is 2. The first-order chi connectivity index (χ1) is 8.59. The number of para-hydroxylation sites is 1. The summed E-state index contributed by atoms with van der Waals surface area (Å²) in [5, 5.41) is 8.59. The van der Waals surface area contributed by atoms with Crippen LogP contribution >= 0.6 is 0 Å².